The summed E-state index contributed by atoms with van der Waals surface area (Å²) in [4.78, 5) is 32.5. The lowest BCUT2D eigenvalue weighted by Crippen LogP contribution is -2.40. The van der Waals surface area contributed by atoms with Crippen molar-refractivity contribution in [2.24, 2.45) is 4.99 Å². The van der Waals surface area contributed by atoms with Crippen molar-refractivity contribution >= 4 is 52.2 Å². The van der Waals surface area contributed by atoms with Crippen molar-refractivity contribution < 1.29 is 9.53 Å². The Labute approximate surface area is 226 Å². The Morgan fingerprint density at radius 1 is 1.08 bits per heavy atom. The fourth-order valence-corrected chi connectivity index (χ4v) is 5.69. The number of ether oxygens (including phenoxy) is 1. The second-order valence-corrected chi connectivity index (χ2v) is 10.2. The molecule has 0 aliphatic carbocycles. The smallest absolute Gasteiger partial charge is 0.271 e. The third-order valence-corrected chi connectivity index (χ3v) is 7.52. The van der Waals surface area contributed by atoms with Gasteiger partial charge in [-0.2, -0.15) is 0 Å². The number of nitrogens with one attached hydrogen (secondary N) is 1. The highest BCUT2D eigenvalue weighted by molar-refractivity contribution is 7.07. The fourth-order valence-electron chi connectivity index (χ4n) is 4.19. The normalized spacial score (nSPS) is 15.2. The van der Waals surface area contributed by atoms with Crippen LogP contribution >= 0.6 is 34.5 Å². The Bertz CT molecular complexity index is 1710. The van der Waals surface area contributed by atoms with E-state index in [1.54, 1.807) is 67.1 Å². The van der Waals surface area contributed by atoms with E-state index in [0.717, 1.165) is 5.56 Å². The first-order valence-electron chi connectivity index (χ1n) is 11.3. The second-order valence-electron chi connectivity index (χ2n) is 8.34. The van der Waals surface area contributed by atoms with Crippen LogP contribution in [0.15, 0.2) is 93.9 Å². The van der Waals surface area contributed by atoms with Crippen molar-refractivity contribution in [1.82, 2.24) is 4.57 Å². The van der Waals surface area contributed by atoms with Crippen LogP contribution in [0, 0.1) is 0 Å². The lowest BCUT2D eigenvalue weighted by atomic mass is 9.95. The number of aromatic nitrogens is 1. The number of nitrogens with zero attached hydrogens (tertiary/aromatic N) is 2. The molecule has 1 amide bonds. The van der Waals surface area contributed by atoms with Gasteiger partial charge in [-0.25, -0.2) is 4.99 Å². The minimum absolute atomic E-state index is 0.270. The minimum Gasteiger partial charge on any atom is -0.497 e. The Balaban J connectivity index is 1.68. The summed E-state index contributed by atoms with van der Waals surface area (Å²) in [6.07, 6.45) is 1.72. The number of hydrogen-bond donors (Lipinski definition) is 1. The van der Waals surface area contributed by atoms with Crippen LogP contribution in [0.1, 0.15) is 24.1 Å². The summed E-state index contributed by atoms with van der Waals surface area (Å²) in [5.41, 5.74) is 2.72. The highest BCUT2D eigenvalue weighted by atomic mass is 35.5. The van der Waals surface area contributed by atoms with Gasteiger partial charge in [0.05, 0.1) is 29.0 Å². The van der Waals surface area contributed by atoms with E-state index in [9.17, 15) is 9.59 Å². The molecule has 1 aliphatic rings. The molecule has 0 spiro atoms. The zero-order valence-corrected chi connectivity index (χ0v) is 22.2. The van der Waals surface area contributed by atoms with Crippen LogP contribution in [-0.2, 0) is 4.79 Å². The molecule has 0 bridgehead atoms. The molecule has 37 heavy (non-hydrogen) atoms. The number of amides is 1. The Morgan fingerprint density at radius 3 is 2.49 bits per heavy atom. The maximum atomic E-state index is 13.8. The van der Waals surface area contributed by atoms with E-state index < -0.39 is 6.04 Å². The largest absolute Gasteiger partial charge is 0.497 e. The van der Waals surface area contributed by atoms with Gasteiger partial charge >= 0.3 is 0 Å². The average Bonchev–Trinajstić information content (AvgIpc) is 3.19. The second kappa shape index (κ2) is 10.4. The molecule has 186 valence electrons. The Kier molecular flexibility index (Phi) is 7.02. The highest BCUT2D eigenvalue weighted by Crippen LogP contribution is 2.32. The number of hydrogen-bond acceptors (Lipinski definition) is 5. The predicted molar refractivity (Wildman–Crippen MR) is 148 cm³/mol. The van der Waals surface area contributed by atoms with Crippen molar-refractivity contribution in [2.45, 2.75) is 13.0 Å². The van der Waals surface area contributed by atoms with Crippen LogP contribution in [0.4, 0.5) is 5.69 Å². The van der Waals surface area contributed by atoms with E-state index in [4.69, 9.17) is 27.9 Å². The third kappa shape index (κ3) is 4.98. The van der Waals surface area contributed by atoms with Gasteiger partial charge in [0.15, 0.2) is 4.80 Å². The SMILES string of the molecule is COc1ccc([C@H]2C(C(=O)Nc3ccccc3)=C(C)N=c3s/c(=C/c4ccc(Cl)cc4Cl)c(=O)n32)cc1. The summed E-state index contributed by atoms with van der Waals surface area (Å²) >= 11 is 13.6. The molecule has 0 saturated heterocycles. The van der Waals surface area contributed by atoms with Gasteiger partial charge in [0, 0.05) is 15.7 Å². The van der Waals surface area contributed by atoms with E-state index in [1.165, 1.54) is 11.3 Å². The molecule has 1 N–H and O–H groups in total. The van der Waals surface area contributed by atoms with Gasteiger partial charge in [-0.1, -0.05) is 70.9 Å². The van der Waals surface area contributed by atoms with Crippen molar-refractivity contribution in [3.8, 4) is 5.75 Å². The molecule has 5 rings (SSSR count). The summed E-state index contributed by atoms with van der Waals surface area (Å²) in [7, 11) is 1.59. The standard InChI is InChI=1S/C28H21Cl2N3O3S/c1-16-24(26(34)32-20-6-4-3-5-7-20)25(17-9-12-21(36-2)13-10-17)33-27(35)23(37-28(33)31-16)14-18-8-11-19(29)15-22(18)30/h3-15,25H,1-2H3,(H,32,34)/b23-14+/t25-/m0/s1. The number of allylic oxidation sites excluding steroid dienone is 1. The zero-order chi connectivity index (χ0) is 26.1. The summed E-state index contributed by atoms with van der Waals surface area (Å²) in [5, 5.41) is 3.88. The summed E-state index contributed by atoms with van der Waals surface area (Å²) < 4.78 is 7.32. The quantitative estimate of drug-likeness (QED) is 0.372. The molecule has 3 aromatic carbocycles. The van der Waals surface area contributed by atoms with Gasteiger partial charge in [0.2, 0.25) is 0 Å². The Morgan fingerprint density at radius 2 is 1.81 bits per heavy atom. The molecule has 4 aromatic rings. The van der Waals surface area contributed by atoms with Crippen molar-refractivity contribution in [1.29, 1.82) is 0 Å². The van der Waals surface area contributed by atoms with E-state index in [2.05, 4.69) is 10.3 Å². The molecular weight excluding hydrogens is 529 g/mol. The minimum atomic E-state index is -0.686. The molecule has 9 heteroatoms. The third-order valence-electron chi connectivity index (χ3n) is 5.98. The number of benzene rings is 3. The molecule has 2 heterocycles. The van der Waals surface area contributed by atoms with Gasteiger partial charge < -0.3 is 10.1 Å². The number of fused-ring (bicyclic) bond motifs is 1. The van der Waals surface area contributed by atoms with Crippen molar-refractivity contribution in [3.63, 3.8) is 0 Å². The maximum absolute atomic E-state index is 13.8. The van der Waals surface area contributed by atoms with Gasteiger partial charge in [-0.3, -0.25) is 14.2 Å². The zero-order valence-electron chi connectivity index (χ0n) is 19.9. The molecule has 0 unspecified atom stereocenters. The monoisotopic (exact) mass is 549 g/mol. The van der Waals surface area contributed by atoms with E-state index in [1.807, 2.05) is 30.3 Å². The molecule has 0 saturated carbocycles. The molecule has 1 atom stereocenters. The molecular formula is C28H21Cl2N3O3S. The first-order valence-corrected chi connectivity index (χ1v) is 12.9. The van der Waals surface area contributed by atoms with E-state index >= 15 is 0 Å². The maximum Gasteiger partial charge on any atom is 0.271 e. The number of anilines is 1. The van der Waals surface area contributed by atoms with E-state index in [0.29, 0.717) is 47.6 Å². The molecule has 0 radical (unpaired) electrons. The predicted octanol–water partition coefficient (Wildman–Crippen LogP) is 5.19. The topological polar surface area (TPSA) is 72.7 Å². The molecule has 0 fully saturated rings. The van der Waals surface area contributed by atoms with E-state index in [-0.39, 0.29) is 11.5 Å². The molecule has 1 aliphatic heterocycles. The Hall–Kier alpha value is -3.65. The number of halogens is 2. The molecule has 6 nitrogen and oxygen atoms in total. The van der Waals surface area contributed by atoms with Gasteiger partial charge in [-0.05, 0) is 60.5 Å². The number of thiazole rings is 1. The highest BCUT2D eigenvalue weighted by Gasteiger charge is 2.32. The number of carbonyl (C=O) groups is 1. The first kappa shape index (κ1) is 25.0. The lowest BCUT2D eigenvalue weighted by Gasteiger charge is -2.25. The van der Waals surface area contributed by atoms with Gasteiger partial charge in [-0.15, -0.1) is 0 Å². The number of carbonyl (C=O) groups excluding carboxylic acids is 1. The van der Waals surface area contributed by atoms with Crippen LogP contribution in [0.25, 0.3) is 6.08 Å². The van der Waals surface area contributed by atoms with Gasteiger partial charge in [0.1, 0.15) is 5.75 Å². The fraction of sp³-hybridized carbons (Fsp3) is 0.107. The number of rotatable bonds is 5. The van der Waals surface area contributed by atoms with Crippen molar-refractivity contribution in [2.75, 3.05) is 12.4 Å². The summed E-state index contributed by atoms with van der Waals surface area (Å²) in [6, 6.07) is 20.9. The van der Waals surface area contributed by atoms with Crippen LogP contribution < -0.4 is 24.9 Å². The van der Waals surface area contributed by atoms with Crippen LogP contribution in [0.5, 0.6) is 5.75 Å². The summed E-state index contributed by atoms with van der Waals surface area (Å²) in [6.45, 7) is 1.78. The van der Waals surface area contributed by atoms with Crippen molar-refractivity contribution in [3.05, 3.63) is 125 Å². The molecule has 1 aromatic heterocycles. The van der Waals surface area contributed by atoms with Gasteiger partial charge in [0.25, 0.3) is 11.5 Å². The van der Waals surface area contributed by atoms with Crippen LogP contribution in [-0.4, -0.2) is 17.6 Å². The average molecular weight is 550 g/mol. The lowest BCUT2D eigenvalue weighted by molar-refractivity contribution is -0.113. The summed E-state index contributed by atoms with van der Waals surface area (Å²) in [5.74, 6) is 0.341. The van der Waals surface area contributed by atoms with Crippen LogP contribution in [0.3, 0.4) is 0 Å². The first-order chi connectivity index (χ1) is 17.9. The van der Waals surface area contributed by atoms with Crippen LogP contribution in [0.2, 0.25) is 10.0 Å². The number of methoxy groups -OCH3 is 1. The number of para-hydroxylation sites is 1.